The molecule has 0 spiro atoms. The van der Waals surface area contributed by atoms with Crippen molar-refractivity contribution in [1.82, 2.24) is 9.63 Å². The van der Waals surface area contributed by atoms with Crippen molar-refractivity contribution in [3.05, 3.63) is 54.4 Å². The monoisotopic (exact) mass is 299 g/mol. The third kappa shape index (κ3) is 1.84. The second-order valence-electron chi connectivity index (χ2n) is 5.25. The number of Topliss-reactive ketones (excluding diaryl/α,β-unsaturated/α-hetero) is 1. The van der Waals surface area contributed by atoms with Crippen LogP contribution in [0.4, 0.5) is 5.82 Å². The van der Waals surface area contributed by atoms with E-state index in [1.807, 2.05) is 19.1 Å². The first-order valence-electron chi connectivity index (χ1n) is 7.03. The van der Waals surface area contributed by atoms with Gasteiger partial charge >= 0.3 is 0 Å². The van der Waals surface area contributed by atoms with Gasteiger partial charge in [-0.2, -0.15) is 4.73 Å². The minimum absolute atomic E-state index is 0.148. The molecule has 6 heteroatoms. The SMILES string of the molecule is C=C/C=C(\C=C/C)N1CCC2(O)C(=O)c3ccn(O)c3N=C12. The van der Waals surface area contributed by atoms with E-state index in [0.29, 0.717) is 6.54 Å². The van der Waals surface area contributed by atoms with Crippen LogP contribution in [0.5, 0.6) is 0 Å². The maximum Gasteiger partial charge on any atom is 0.206 e. The summed E-state index contributed by atoms with van der Waals surface area (Å²) >= 11 is 0. The number of aromatic nitrogens is 1. The molecular weight excluding hydrogens is 282 g/mol. The number of amidine groups is 1. The van der Waals surface area contributed by atoms with E-state index in [1.54, 1.807) is 17.1 Å². The molecule has 1 atom stereocenters. The first-order valence-corrected chi connectivity index (χ1v) is 7.03. The Morgan fingerprint density at radius 2 is 2.32 bits per heavy atom. The summed E-state index contributed by atoms with van der Waals surface area (Å²) < 4.78 is 0.795. The Bertz CT molecular complexity index is 742. The topological polar surface area (TPSA) is 78.1 Å². The van der Waals surface area contributed by atoms with E-state index in [0.717, 1.165) is 10.4 Å². The molecule has 1 aromatic rings. The Labute approximate surface area is 128 Å². The maximum atomic E-state index is 12.6. The zero-order chi connectivity index (χ0) is 15.9. The lowest BCUT2D eigenvalue weighted by molar-refractivity contribution is 0.0598. The van der Waals surface area contributed by atoms with Crippen molar-refractivity contribution >= 4 is 17.4 Å². The lowest BCUT2D eigenvalue weighted by Gasteiger charge is -2.29. The van der Waals surface area contributed by atoms with E-state index in [9.17, 15) is 15.1 Å². The van der Waals surface area contributed by atoms with Crippen LogP contribution in [0.25, 0.3) is 0 Å². The molecule has 0 aliphatic carbocycles. The molecule has 0 amide bonds. The molecule has 22 heavy (non-hydrogen) atoms. The van der Waals surface area contributed by atoms with Crippen molar-refractivity contribution in [3.8, 4) is 0 Å². The van der Waals surface area contributed by atoms with Gasteiger partial charge in [0.2, 0.25) is 5.78 Å². The van der Waals surface area contributed by atoms with Gasteiger partial charge in [0.25, 0.3) is 0 Å². The minimum atomic E-state index is -1.64. The number of hydrogen-bond donors (Lipinski definition) is 2. The van der Waals surface area contributed by atoms with E-state index in [2.05, 4.69) is 11.6 Å². The summed E-state index contributed by atoms with van der Waals surface area (Å²) in [6.45, 7) is 6.02. The number of aliphatic imine (C=N–C) groups is 1. The summed E-state index contributed by atoms with van der Waals surface area (Å²) in [4.78, 5) is 18.7. The number of carbonyl (C=O) groups is 1. The van der Waals surface area contributed by atoms with Gasteiger partial charge < -0.3 is 15.2 Å². The molecule has 0 saturated carbocycles. The van der Waals surface area contributed by atoms with E-state index < -0.39 is 11.4 Å². The number of fused-ring (bicyclic) bond motifs is 2. The van der Waals surface area contributed by atoms with Gasteiger partial charge in [-0.25, -0.2) is 4.99 Å². The van der Waals surface area contributed by atoms with Crippen LogP contribution in [-0.4, -0.2) is 43.7 Å². The van der Waals surface area contributed by atoms with Crippen molar-refractivity contribution in [2.24, 2.45) is 4.99 Å². The molecule has 1 aromatic heterocycles. The molecule has 1 fully saturated rings. The zero-order valence-corrected chi connectivity index (χ0v) is 12.2. The summed E-state index contributed by atoms with van der Waals surface area (Å²) in [7, 11) is 0. The maximum absolute atomic E-state index is 12.6. The standard InChI is InChI=1S/C16H17N3O3/c1-3-5-11(6-4-2)18-10-8-16(21)13(20)12-7-9-19(22)14(12)17-15(16)18/h3-7,9,21-22H,1,8,10H2,2H3/b6-4-,11-5+. The molecule has 3 rings (SSSR count). The summed E-state index contributed by atoms with van der Waals surface area (Å²) in [5.41, 5.74) is -0.633. The van der Waals surface area contributed by atoms with Crippen LogP contribution in [0.1, 0.15) is 23.7 Å². The van der Waals surface area contributed by atoms with Crippen molar-refractivity contribution < 1.29 is 15.1 Å². The highest BCUT2D eigenvalue weighted by Crippen LogP contribution is 2.39. The molecule has 2 aliphatic rings. The molecule has 3 heterocycles. The van der Waals surface area contributed by atoms with Crippen LogP contribution in [0.3, 0.4) is 0 Å². The molecule has 1 saturated heterocycles. The average Bonchev–Trinajstić information content (AvgIpc) is 3.02. The number of ketones is 1. The average molecular weight is 299 g/mol. The van der Waals surface area contributed by atoms with Crippen LogP contribution < -0.4 is 0 Å². The smallest absolute Gasteiger partial charge is 0.206 e. The predicted molar refractivity (Wildman–Crippen MR) is 82.4 cm³/mol. The third-order valence-electron chi connectivity index (χ3n) is 3.93. The van der Waals surface area contributed by atoms with Gasteiger partial charge in [-0.1, -0.05) is 18.7 Å². The second-order valence-corrected chi connectivity index (χ2v) is 5.25. The molecule has 2 N–H and O–H groups in total. The lowest BCUT2D eigenvalue weighted by atomic mass is 9.90. The summed E-state index contributed by atoms with van der Waals surface area (Å²) in [5, 5.41) is 20.6. The number of hydrogen-bond acceptors (Lipinski definition) is 5. The largest absolute Gasteiger partial charge is 0.427 e. The highest BCUT2D eigenvalue weighted by molar-refractivity contribution is 6.24. The van der Waals surface area contributed by atoms with Crippen LogP contribution in [0.15, 0.2) is 53.8 Å². The number of aliphatic hydroxyl groups is 1. The molecule has 1 unspecified atom stereocenters. The fourth-order valence-electron chi connectivity index (χ4n) is 2.89. The van der Waals surface area contributed by atoms with Gasteiger partial charge in [0, 0.05) is 24.9 Å². The molecular formula is C16H17N3O3. The van der Waals surface area contributed by atoms with Crippen LogP contribution in [0, 0.1) is 0 Å². The van der Waals surface area contributed by atoms with Crippen LogP contribution in [-0.2, 0) is 0 Å². The first kappa shape index (κ1) is 14.3. The number of carbonyl (C=O) groups excluding carboxylic acids is 1. The number of rotatable bonds is 3. The fraction of sp³-hybridized carbons (Fsp3) is 0.250. The first-order chi connectivity index (χ1) is 10.5. The molecule has 2 aliphatic heterocycles. The Hall–Kier alpha value is -2.60. The summed E-state index contributed by atoms with van der Waals surface area (Å²) in [6.07, 6.45) is 8.73. The Balaban J connectivity index is 2.15. The van der Waals surface area contributed by atoms with Gasteiger partial charge in [-0.05, 0) is 25.1 Å². The fourth-order valence-corrected chi connectivity index (χ4v) is 2.89. The third-order valence-corrected chi connectivity index (χ3v) is 3.93. The molecule has 114 valence electrons. The van der Waals surface area contributed by atoms with Gasteiger partial charge in [0.15, 0.2) is 17.3 Å². The summed E-state index contributed by atoms with van der Waals surface area (Å²) in [6, 6.07) is 1.46. The Morgan fingerprint density at radius 3 is 3.00 bits per heavy atom. The highest BCUT2D eigenvalue weighted by atomic mass is 16.5. The van der Waals surface area contributed by atoms with Crippen molar-refractivity contribution in [2.75, 3.05) is 6.54 Å². The van der Waals surface area contributed by atoms with E-state index >= 15 is 0 Å². The molecule has 0 bridgehead atoms. The highest BCUT2D eigenvalue weighted by Gasteiger charge is 2.53. The molecule has 0 radical (unpaired) electrons. The number of likely N-dealkylation sites (tertiary alicyclic amines) is 1. The van der Waals surface area contributed by atoms with E-state index in [-0.39, 0.29) is 23.6 Å². The van der Waals surface area contributed by atoms with Gasteiger partial charge in [-0.15, -0.1) is 0 Å². The van der Waals surface area contributed by atoms with E-state index in [4.69, 9.17) is 0 Å². The second kappa shape index (κ2) is 4.99. The number of nitrogens with zero attached hydrogens (tertiary/aromatic N) is 3. The molecule has 6 nitrogen and oxygen atoms in total. The predicted octanol–water partition coefficient (Wildman–Crippen LogP) is 2.03. The lowest BCUT2D eigenvalue weighted by Crippen LogP contribution is -2.48. The van der Waals surface area contributed by atoms with Crippen molar-refractivity contribution in [3.63, 3.8) is 0 Å². The van der Waals surface area contributed by atoms with Gasteiger partial charge in [-0.3, -0.25) is 4.79 Å². The quantitative estimate of drug-likeness (QED) is 0.661. The van der Waals surface area contributed by atoms with Crippen molar-refractivity contribution in [2.45, 2.75) is 18.9 Å². The van der Waals surface area contributed by atoms with E-state index in [1.165, 1.54) is 12.3 Å². The normalized spacial score (nSPS) is 24.5. The number of allylic oxidation sites excluding steroid dienone is 4. The Morgan fingerprint density at radius 1 is 1.55 bits per heavy atom. The van der Waals surface area contributed by atoms with Crippen LogP contribution in [0.2, 0.25) is 0 Å². The van der Waals surface area contributed by atoms with Crippen molar-refractivity contribution in [1.29, 1.82) is 0 Å². The van der Waals surface area contributed by atoms with Crippen LogP contribution >= 0.6 is 0 Å². The van der Waals surface area contributed by atoms with Gasteiger partial charge in [0.1, 0.15) is 0 Å². The van der Waals surface area contributed by atoms with Gasteiger partial charge in [0.05, 0.1) is 5.56 Å². The Kier molecular flexibility index (Phi) is 3.26. The zero-order valence-electron chi connectivity index (χ0n) is 12.2. The minimum Gasteiger partial charge on any atom is -0.427 e. The molecule has 0 aromatic carbocycles. The summed E-state index contributed by atoms with van der Waals surface area (Å²) in [5.74, 6) is -0.0403.